The fourth-order valence-corrected chi connectivity index (χ4v) is 2.74. The fraction of sp³-hybridized carbons (Fsp3) is 0.222. The van der Waals surface area contributed by atoms with Crippen LogP contribution in [0.15, 0.2) is 30.3 Å². The van der Waals surface area contributed by atoms with E-state index in [0.717, 1.165) is 5.56 Å². The van der Waals surface area contributed by atoms with E-state index in [2.05, 4.69) is 11.5 Å². The van der Waals surface area contributed by atoms with Crippen LogP contribution in [0.3, 0.4) is 0 Å². The molecule has 0 aromatic heterocycles. The van der Waals surface area contributed by atoms with Gasteiger partial charge in [0.2, 0.25) is 0 Å². The van der Waals surface area contributed by atoms with Crippen LogP contribution in [-0.4, -0.2) is 19.0 Å². The first-order valence-electron chi connectivity index (χ1n) is 3.81. The Labute approximate surface area is 71.5 Å². The molecule has 0 aliphatic heterocycles. The van der Waals surface area contributed by atoms with Crippen molar-refractivity contribution in [2.75, 3.05) is 0 Å². The second-order valence-electron chi connectivity index (χ2n) is 2.88. The summed E-state index contributed by atoms with van der Waals surface area (Å²) in [5.41, 5.74) is 0.891. The van der Waals surface area contributed by atoms with Gasteiger partial charge in [-0.15, -0.1) is 0 Å². The van der Waals surface area contributed by atoms with Gasteiger partial charge in [-0.25, -0.2) is 0 Å². The zero-order valence-electron chi connectivity index (χ0n) is 6.87. The molecule has 0 amide bonds. The van der Waals surface area contributed by atoms with Gasteiger partial charge in [-0.1, -0.05) is 0 Å². The number of hydrogen-bond acceptors (Lipinski definition) is 1. The Bertz CT molecular complexity index is 241. The minimum absolute atomic E-state index is 0.401. The summed E-state index contributed by atoms with van der Waals surface area (Å²) >= 11 is -1.56. The average molecular weight is 209 g/mol. The van der Waals surface area contributed by atoms with Crippen molar-refractivity contribution >= 4 is 19.0 Å². The average Bonchev–Trinajstić information content (AvgIpc) is 2.05. The second-order valence-corrected chi connectivity index (χ2v) is 8.83. The van der Waals surface area contributed by atoms with Crippen LogP contribution in [0.25, 0.3) is 0 Å². The summed E-state index contributed by atoms with van der Waals surface area (Å²) in [6.45, 7) is 0. The molecule has 0 N–H and O–H groups in total. The second kappa shape index (κ2) is 3.72. The Morgan fingerprint density at radius 2 is 1.73 bits per heavy atom. The van der Waals surface area contributed by atoms with Crippen LogP contribution in [0.4, 0.5) is 0 Å². The van der Waals surface area contributed by atoms with E-state index in [-0.39, 0.29) is 0 Å². The van der Waals surface area contributed by atoms with Crippen LogP contribution in [0.1, 0.15) is 10.4 Å². The summed E-state index contributed by atoms with van der Waals surface area (Å²) in [5.74, 6) is 4.20. The summed E-state index contributed by atoms with van der Waals surface area (Å²) in [7, 11) is 0. The molecular weight excluding hydrogens is 197 g/mol. The molecule has 0 aliphatic carbocycles. The van der Waals surface area contributed by atoms with E-state index in [0.29, 0.717) is 4.62 Å². The predicted molar refractivity (Wildman–Crippen MR) is 49.6 cm³/mol. The summed E-state index contributed by atoms with van der Waals surface area (Å²) in [6.07, 6.45) is 0. The van der Waals surface area contributed by atoms with Gasteiger partial charge in [0.25, 0.3) is 0 Å². The molecule has 0 saturated heterocycles. The molecule has 0 spiro atoms. The van der Waals surface area contributed by atoms with E-state index >= 15 is 0 Å². The zero-order valence-corrected chi connectivity index (χ0v) is 9.29. The summed E-state index contributed by atoms with van der Waals surface area (Å²) in [6, 6.07) is 9.56. The Morgan fingerprint density at radius 1 is 1.18 bits per heavy atom. The van der Waals surface area contributed by atoms with Crippen molar-refractivity contribution in [3.8, 4) is 0 Å². The molecule has 0 saturated carbocycles. The SMILES string of the molecule is [CH3][GeH]([CH3])[C](=O)c1ccccc1. The molecule has 1 aromatic rings. The van der Waals surface area contributed by atoms with Crippen molar-refractivity contribution in [1.29, 1.82) is 0 Å². The molecule has 0 fully saturated rings. The maximum absolute atomic E-state index is 11.4. The third-order valence-corrected chi connectivity index (χ3v) is 4.48. The van der Waals surface area contributed by atoms with Crippen LogP contribution >= 0.6 is 0 Å². The van der Waals surface area contributed by atoms with Gasteiger partial charge in [0.15, 0.2) is 0 Å². The zero-order chi connectivity index (χ0) is 8.27. The van der Waals surface area contributed by atoms with E-state index in [1.165, 1.54) is 0 Å². The van der Waals surface area contributed by atoms with E-state index < -0.39 is 14.3 Å². The predicted octanol–water partition coefficient (Wildman–Crippen LogP) is 1.90. The quantitative estimate of drug-likeness (QED) is 0.679. The Hall–Kier alpha value is -0.567. The molecule has 0 atom stereocenters. The summed E-state index contributed by atoms with van der Waals surface area (Å²) in [4.78, 5) is 11.4. The summed E-state index contributed by atoms with van der Waals surface area (Å²) in [5, 5.41) is 0. The van der Waals surface area contributed by atoms with E-state index in [1.54, 1.807) is 0 Å². The number of carbonyl (C=O) groups is 1. The molecule has 0 radical (unpaired) electrons. The van der Waals surface area contributed by atoms with Gasteiger partial charge in [-0.2, -0.15) is 0 Å². The van der Waals surface area contributed by atoms with Crippen molar-refractivity contribution in [1.82, 2.24) is 0 Å². The third-order valence-electron chi connectivity index (χ3n) is 1.58. The van der Waals surface area contributed by atoms with Gasteiger partial charge in [-0.05, 0) is 0 Å². The topological polar surface area (TPSA) is 17.1 Å². The maximum atomic E-state index is 11.4. The molecular formula is C9H12GeO. The van der Waals surface area contributed by atoms with E-state index in [9.17, 15) is 4.79 Å². The van der Waals surface area contributed by atoms with Gasteiger partial charge >= 0.3 is 71.2 Å². The monoisotopic (exact) mass is 210 g/mol. The van der Waals surface area contributed by atoms with Crippen molar-refractivity contribution < 1.29 is 4.79 Å². The van der Waals surface area contributed by atoms with Crippen LogP contribution < -0.4 is 0 Å². The van der Waals surface area contributed by atoms with E-state index in [4.69, 9.17) is 0 Å². The first-order valence-corrected chi connectivity index (χ1v) is 9.86. The van der Waals surface area contributed by atoms with Gasteiger partial charge in [-0.3, -0.25) is 0 Å². The minimum atomic E-state index is -1.56. The molecule has 0 heterocycles. The number of benzene rings is 1. The number of hydrogen-bond donors (Lipinski definition) is 0. The van der Waals surface area contributed by atoms with Crippen molar-refractivity contribution in [2.45, 2.75) is 11.5 Å². The molecule has 1 rings (SSSR count). The van der Waals surface area contributed by atoms with Crippen LogP contribution in [0.2, 0.25) is 11.5 Å². The Balaban J connectivity index is 2.86. The molecule has 0 unspecified atom stereocenters. The van der Waals surface area contributed by atoms with Gasteiger partial charge in [0.1, 0.15) is 0 Å². The van der Waals surface area contributed by atoms with Gasteiger partial charge < -0.3 is 0 Å². The van der Waals surface area contributed by atoms with Crippen molar-refractivity contribution in [3.05, 3.63) is 35.9 Å². The van der Waals surface area contributed by atoms with Gasteiger partial charge in [0.05, 0.1) is 0 Å². The van der Waals surface area contributed by atoms with E-state index in [1.807, 2.05) is 30.3 Å². The van der Waals surface area contributed by atoms with Crippen molar-refractivity contribution in [2.24, 2.45) is 0 Å². The molecule has 58 valence electrons. The molecule has 0 aliphatic rings. The van der Waals surface area contributed by atoms with Crippen LogP contribution in [-0.2, 0) is 0 Å². The first-order chi connectivity index (χ1) is 5.22. The van der Waals surface area contributed by atoms with Crippen LogP contribution in [0.5, 0.6) is 0 Å². The molecule has 2 heteroatoms. The van der Waals surface area contributed by atoms with Gasteiger partial charge in [0, 0.05) is 0 Å². The standard InChI is InChI=1S/C9H12GeO/c1-10(2)9(11)8-6-4-3-5-7-8/h3-7,10H,1-2H3. The molecule has 0 bridgehead atoms. The summed E-state index contributed by atoms with van der Waals surface area (Å²) < 4.78 is 0.401. The Kier molecular flexibility index (Phi) is 2.88. The molecule has 1 nitrogen and oxygen atoms in total. The number of carbonyl (C=O) groups excluding carboxylic acids is 1. The third kappa shape index (κ3) is 2.19. The molecule has 11 heavy (non-hydrogen) atoms. The van der Waals surface area contributed by atoms with Crippen molar-refractivity contribution in [3.63, 3.8) is 0 Å². The normalized spacial score (nSPS) is 10.1. The number of rotatable bonds is 2. The fourth-order valence-electron chi connectivity index (χ4n) is 0.936. The first kappa shape index (κ1) is 8.53. The Morgan fingerprint density at radius 3 is 2.18 bits per heavy atom. The molecule has 1 aromatic carbocycles. The van der Waals surface area contributed by atoms with Crippen LogP contribution in [0, 0.1) is 0 Å².